The topological polar surface area (TPSA) is 129 Å². The minimum Gasteiger partial charge on any atom is -0.258 e. The molecule has 20 heavy (non-hydrogen) atoms. The SMILES string of the molecule is O=[N+]([O-])c1cc([N+](=O)[O-])c2c([N+](=O)[O-])ccc(Cl)c2c1. The summed E-state index contributed by atoms with van der Waals surface area (Å²) < 4.78 is 0. The zero-order valence-corrected chi connectivity index (χ0v) is 10.2. The molecule has 0 aromatic heterocycles. The van der Waals surface area contributed by atoms with E-state index in [1.165, 1.54) is 0 Å². The van der Waals surface area contributed by atoms with E-state index in [1.54, 1.807) is 0 Å². The molecule has 0 aliphatic rings. The van der Waals surface area contributed by atoms with Gasteiger partial charge in [0, 0.05) is 22.5 Å². The predicted octanol–water partition coefficient (Wildman–Crippen LogP) is 3.22. The number of rotatable bonds is 3. The normalized spacial score (nSPS) is 10.4. The van der Waals surface area contributed by atoms with Gasteiger partial charge in [-0.05, 0) is 6.07 Å². The first kappa shape index (κ1) is 13.6. The van der Waals surface area contributed by atoms with Crippen LogP contribution < -0.4 is 0 Å². The maximum absolute atomic E-state index is 11.0. The third kappa shape index (κ3) is 2.10. The van der Waals surface area contributed by atoms with Crippen LogP contribution in [0.1, 0.15) is 0 Å². The lowest BCUT2D eigenvalue weighted by atomic mass is 10.1. The Morgan fingerprint density at radius 2 is 1.45 bits per heavy atom. The van der Waals surface area contributed by atoms with E-state index in [0.717, 1.165) is 18.2 Å². The van der Waals surface area contributed by atoms with Gasteiger partial charge in [-0.15, -0.1) is 0 Å². The van der Waals surface area contributed by atoms with E-state index in [4.69, 9.17) is 11.6 Å². The van der Waals surface area contributed by atoms with Crippen molar-refractivity contribution in [2.75, 3.05) is 0 Å². The molecule has 2 aromatic rings. The highest BCUT2D eigenvalue weighted by Crippen LogP contribution is 2.40. The van der Waals surface area contributed by atoms with Crippen molar-refractivity contribution in [2.45, 2.75) is 0 Å². The average molecular weight is 298 g/mol. The van der Waals surface area contributed by atoms with Crippen LogP contribution in [0.2, 0.25) is 5.02 Å². The average Bonchev–Trinajstić information content (AvgIpc) is 2.37. The molecule has 102 valence electrons. The molecule has 0 spiro atoms. The highest BCUT2D eigenvalue weighted by Gasteiger charge is 2.27. The van der Waals surface area contributed by atoms with Crippen LogP contribution in [0.5, 0.6) is 0 Å². The van der Waals surface area contributed by atoms with Gasteiger partial charge in [0.25, 0.3) is 17.1 Å². The fourth-order valence-electron chi connectivity index (χ4n) is 1.80. The Kier molecular flexibility index (Phi) is 3.20. The third-order valence-corrected chi connectivity index (χ3v) is 2.94. The minimum atomic E-state index is -0.918. The summed E-state index contributed by atoms with van der Waals surface area (Å²) in [4.78, 5) is 30.1. The first-order chi connectivity index (χ1) is 9.32. The number of non-ortho nitro benzene ring substituents is 3. The van der Waals surface area contributed by atoms with Crippen molar-refractivity contribution in [3.63, 3.8) is 0 Å². The first-order valence-corrected chi connectivity index (χ1v) is 5.40. The van der Waals surface area contributed by atoms with Gasteiger partial charge in [-0.2, -0.15) is 0 Å². The van der Waals surface area contributed by atoms with Gasteiger partial charge in [0.1, 0.15) is 5.39 Å². The summed E-state index contributed by atoms with van der Waals surface area (Å²) in [5.74, 6) is 0. The van der Waals surface area contributed by atoms with Crippen LogP contribution in [0, 0.1) is 30.3 Å². The van der Waals surface area contributed by atoms with Crippen LogP contribution in [-0.4, -0.2) is 14.8 Å². The molecule has 0 heterocycles. The molecule has 0 atom stereocenters. The second kappa shape index (κ2) is 4.70. The number of halogens is 1. The molecule has 2 rings (SSSR count). The van der Waals surface area contributed by atoms with Gasteiger partial charge in [-0.25, -0.2) is 0 Å². The molecule has 0 amide bonds. The maximum Gasteiger partial charge on any atom is 0.291 e. The van der Waals surface area contributed by atoms with Gasteiger partial charge in [0.2, 0.25) is 0 Å². The summed E-state index contributed by atoms with van der Waals surface area (Å²) in [7, 11) is 0. The summed E-state index contributed by atoms with van der Waals surface area (Å²) in [5.41, 5.74) is -1.83. The van der Waals surface area contributed by atoms with Crippen LogP contribution in [0.3, 0.4) is 0 Å². The van der Waals surface area contributed by atoms with Crippen molar-refractivity contribution in [1.29, 1.82) is 0 Å². The first-order valence-electron chi connectivity index (χ1n) is 5.02. The lowest BCUT2D eigenvalue weighted by molar-refractivity contribution is -0.395. The Labute approximate surface area is 114 Å². The predicted molar refractivity (Wildman–Crippen MR) is 68.9 cm³/mol. The second-order valence-electron chi connectivity index (χ2n) is 3.73. The van der Waals surface area contributed by atoms with Crippen molar-refractivity contribution < 1.29 is 14.8 Å². The Morgan fingerprint density at radius 1 is 0.850 bits per heavy atom. The summed E-state index contributed by atoms with van der Waals surface area (Å²) in [5, 5.41) is 32.2. The van der Waals surface area contributed by atoms with Gasteiger partial charge in [0.05, 0.1) is 20.8 Å². The van der Waals surface area contributed by atoms with Crippen LogP contribution in [0.4, 0.5) is 17.1 Å². The number of nitro benzene ring substituents is 3. The van der Waals surface area contributed by atoms with Crippen LogP contribution in [-0.2, 0) is 0 Å². The number of nitrogens with zero attached hydrogens (tertiary/aromatic N) is 3. The van der Waals surface area contributed by atoms with E-state index in [0.29, 0.717) is 6.07 Å². The van der Waals surface area contributed by atoms with E-state index in [1.807, 2.05) is 0 Å². The van der Waals surface area contributed by atoms with Gasteiger partial charge in [-0.3, -0.25) is 30.3 Å². The molecule has 0 unspecified atom stereocenters. The van der Waals surface area contributed by atoms with Crippen LogP contribution in [0.25, 0.3) is 10.8 Å². The highest BCUT2D eigenvalue weighted by atomic mass is 35.5. The number of fused-ring (bicyclic) bond motifs is 1. The van der Waals surface area contributed by atoms with Crippen LogP contribution in [0.15, 0.2) is 24.3 Å². The molecule has 9 nitrogen and oxygen atoms in total. The second-order valence-corrected chi connectivity index (χ2v) is 4.13. The van der Waals surface area contributed by atoms with E-state index in [9.17, 15) is 30.3 Å². The van der Waals surface area contributed by atoms with Crippen molar-refractivity contribution >= 4 is 39.4 Å². The van der Waals surface area contributed by atoms with E-state index in [2.05, 4.69) is 0 Å². The molecule has 0 aliphatic heterocycles. The van der Waals surface area contributed by atoms with E-state index >= 15 is 0 Å². The molecule has 2 aromatic carbocycles. The number of hydrogen-bond donors (Lipinski definition) is 0. The van der Waals surface area contributed by atoms with Gasteiger partial charge in [-0.1, -0.05) is 11.6 Å². The highest BCUT2D eigenvalue weighted by molar-refractivity contribution is 6.36. The molecule has 0 fully saturated rings. The molecule has 0 N–H and O–H groups in total. The maximum atomic E-state index is 11.0. The van der Waals surface area contributed by atoms with Crippen molar-refractivity contribution in [3.8, 4) is 0 Å². The molecule has 0 saturated carbocycles. The van der Waals surface area contributed by atoms with Crippen molar-refractivity contribution in [3.05, 3.63) is 59.6 Å². The smallest absolute Gasteiger partial charge is 0.258 e. The fourth-order valence-corrected chi connectivity index (χ4v) is 2.01. The fraction of sp³-hybridized carbons (Fsp3) is 0. The number of hydrogen-bond acceptors (Lipinski definition) is 6. The Hall–Kier alpha value is -2.81. The zero-order chi connectivity index (χ0) is 15.0. The monoisotopic (exact) mass is 297 g/mol. The van der Waals surface area contributed by atoms with Gasteiger partial charge in [0.15, 0.2) is 0 Å². The molecule has 0 saturated heterocycles. The molecule has 0 aliphatic carbocycles. The number of benzene rings is 2. The molecular weight excluding hydrogens is 294 g/mol. The van der Waals surface area contributed by atoms with Gasteiger partial charge >= 0.3 is 0 Å². The quantitative estimate of drug-likeness (QED) is 0.631. The zero-order valence-electron chi connectivity index (χ0n) is 9.48. The van der Waals surface area contributed by atoms with Crippen LogP contribution >= 0.6 is 11.6 Å². The Morgan fingerprint density at radius 3 is 1.95 bits per heavy atom. The van der Waals surface area contributed by atoms with E-state index in [-0.39, 0.29) is 15.8 Å². The van der Waals surface area contributed by atoms with Gasteiger partial charge < -0.3 is 0 Å². The largest absolute Gasteiger partial charge is 0.291 e. The lowest BCUT2D eigenvalue weighted by Crippen LogP contribution is -1.97. The minimum absolute atomic E-state index is 0.0441. The summed E-state index contributed by atoms with van der Waals surface area (Å²) in [6.45, 7) is 0. The Balaban J connectivity index is 3.03. The summed E-state index contributed by atoms with van der Waals surface area (Å²) in [6.07, 6.45) is 0. The molecule has 10 heteroatoms. The molecular formula is C10H4ClN3O6. The third-order valence-electron chi connectivity index (χ3n) is 2.61. The Bertz CT molecular complexity index is 775. The number of nitro groups is 3. The lowest BCUT2D eigenvalue weighted by Gasteiger charge is -2.03. The standard InChI is InChI=1S/C10H4ClN3O6/c11-7-1-2-8(13(17)18)10-6(7)3-5(12(15)16)4-9(10)14(19)20/h1-4H. The summed E-state index contributed by atoms with van der Waals surface area (Å²) >= 11 is 5.82. The molecule has 0 radical (unpaired) electrons. The molecule has 0 bridgehead atoms. The van der Waals surface area contributed by atoms with Crippen molar-refractivity contribution in [2.24, 2.45) is 0 Å². The van der Waals surface area contributed by atoms with E-state index < -0.39 is 31.8 Å². The summed E-state index contributed by atoms with van der Waals surface area (Å²) in [6, 6.07) is 3.82. The van der Waals surface area contributed by atoms with Crippen molar-refractivity contribution in [1.82, 2.24) is 0 Å².